The Morgan fingerprint density at radius 1 is 1.15 bits per heavy atom. The second-order valence-electron chi connectivity index (χ2n) is 7.94. The number of imidazole rings is 1. The van der Waals surface area contributed by atoms with Crippen molar-refractivity contribution in [3.63, 3.8) is 0 Å². The number of nitrogens with one attached hydrogen (secondary N) is 1. The van der Waals surface area contributed by atoms with E-state index in [0.29, 0.717) is 22.3 Å². The lowest BCUT2D eigenvalue weighted by Gasteiger charge is -2.19. The third-order valence-corrected chi connectivity index (χ3v) is 6.80. The van der Waals surface area contributed by atoms with E-state index in [0.717, 1.165) is 30.4 Å². The van der Waals surface area contributed by atoms with Crippen LogP contribution in [0.2, 0.25) is 0 Å². The van der Waals surface area contributed by atoms with Crippen molar-refractivity contribution < 1.29 is 0 Å². The zero-order valence-corrected chi connectivity index (χ0v) is 17.9. The first-order valence-corrected chi connectivity index (χ1v) is 11.7. The highest BCUT2D eigenvalue weighted by Gasteiger charge is 2.21. The fourth-order valence-corrected chi connectivity index (χ4v) is 5.27. The summed E-state index contributed by atoms with van der Waals surface area (Å²) in [5.41, 5.74) is 1.25. The Kier molecular flexibility index (Phi) is 7.39. The van der Waals surface area contributed by atoms with E-state index in [9.17, 15) is 4.79 Å². The summed E-state index contributed by atoms with van der Waals surface area (Å²) in [6.07, 6.45) is 12.1. The first-order valence-electron chi connectivity index (χ1n) is 10.8. The number of H-pyrrole nitrogens is 1. The van der Waals surface area contributed by atoms with Gasteiger partial charge in [0.15, 0.2) is 16.3 Å². The lowest BCUT2D eigenvalue weighted by Crippen LogP contribution is -2.16. The number of aromatic nitrogens is 4. The van der Waals surface area contributed by atoms with Gasteiger partial charge in [0.2, 0.25) is 0 Å². The minimum absolute atomic E-state index is 0.0359. The molecule has 0 aliphatic heterocycles. The lowest BCUT2D eigenvalue weighted by molar-refractivity contribution is 0.515. The Morgan fingerprint density at radius 2 is 1.93 bits per heavy atom. The monoisotopic (exact) mass is 390 g/mol. The molecule has 1 N–H and O–H groups in total. The van der Waals surface area contributed by atoms with Crippen LogP contribution in [0.25, 0.3) is 11.2 Å². The topological polar surface area (TPSA) is 63.6 Å². The first kappa shape index (κ1) is 20.4. The molecule has 0 amide bonds. The number of rotatable bonds is 9. The number of unbranched alkanes of at least 4 members (excludes halogenated alkanes) is 2. The van der Waals surface area contributed by atoms with Crippen LogP contribution < -0.4 is 5.56 Å². The normalized spacial score (nSPS) is 16.9. The van der Waals surface area contributed by atoms with Crippen LogP contribution in [-0.2, 0) is 6.54 Å². The van der Waals surface area contributed by atoms with Gasteiger partial charge in [-0.2, -0.15) is 0 Å². The van der Waals surface area contributed by atoms with E-state index in [1.165, 1.54) is 51.4 Å². The molecule has 150 valence electrons. The highest BCUT2D eigenvalue weighted by atomic mass is 32.2. The Morgan fingerprint density at radius 3 is 2.63 bits per heavy atom. The molecular formula is C21H34N4OS. The van der Waals surface area contributed by atoms with Crippen LogP contribution in [0.3, 0.4) is 0 Å². The largest absolute Gasteiger partial charge is 0.322 e. The number of thioether (sulfide) groups is 1. The van der Waals surface area contributed by atoms with Crippen molar-refractivity contribution >= 4 is 22.9 Å². The van der Waals surface area contributed by atoms with Crippen molar-refractivity contribution in [1.82, 2.24) is 19.5 Å². The first-order chi connectivity index (χ1) is 13.1. The van der Waals surface area contributed by atoms with Crippen LogP contribution in [0.1, 0.15) is 96.7 Å². The number of hydrogen-bond acceptors (Lipinski definition) is 4. The molecule has 1 saturated carbocycles. The van der Waals surface area contributed by atoms with Crippen molar-refractivity contribution in [2.24, 2.45) is 0 Å². The van der Waals surface area contributed by atoms with Crippen LogP contribution in [0.4, 0.5) is 0 Å². The molecule has 27 heavy (non-hydrogen) atoms. The predicted octanol–water partition coefficient (Wildman–Crippen LogP) is 5.64. The molecule has 1 atom stereocenters. The van der Waals surface area contributed by atoms with Crippen molar-refractivity contribution in [3.8, 4) is 0 Å². The summed E-state index contributed by atoms with van der Waals surface area (Å²) in [4.78, 5) is 25.5. The van der Waals surface area contributed by atoms with Crippen molar-refractivity contribution in [1.29, 1.82) is 0 Å². The van der Waals surface area contributed by atoms with Gasteiger partial charge in [0.05, 0.1) is 0 Å². The minimum Gasteiger partial charge on any atom is -0.322 e. The molecule has 0 spiro atoms. The summed E-state index contributed by atoms with van der Waals surface area (Å²) in [5.74, 6) is 1.38. The van der Waals surface area contributed by atoms with Crippen molar-refractivity contribution in [3.05, 3.63) is 16.2 Å². The van der Waals surface area contributed by atoms with Gasteiger partial charge in [0, 0.05) is 17.7 Å². The third kappa shape index (κ3) is 4.95. The molecular weight excluding hydrogens is 356 g/mol. The Balaban J connectivity index is 1.90. The van der Waals surface area contributed by atoms with E-state index in [2.05, 4.69) is 30.3 Å². The van der Waals surface area contributed by atoms with Crippen LogP contribution in [0.5, 0.6) is 0 Å². The zero-order valence-electron chi connectivity index (χ0n) is 17.1. The molecule has 5 nitrogen and oxygen atoms in total. The maximum atomic E-state index is 12.9. The van der Waals surface area contributed by atoms with Gasteiger partial charge in [-0.1, -0.05) is 71.1 Å². The van der Waals surface area contributed by atoms with E-state index in [4.69, 9.17) is 9.97 Å². The summed E-state index contributed by atoms with van der Waals surface area (Å²) in [6, 6.07) is 0. The second-order valence-corrected chi connectivity index (χ2v) is 9.23. The Labute approximate surface area is 166 Å². The van der Waals surface area contributed by atoms with Crippen LogP contribution >= 0.6 is 11.8 Å². The number of nitrogens with zero attached hydrogens (tertiary/aromatic N) is 3. The number of aryl methyl sites for hydroxylation is 1. The smallest absolute Gasteiger partial charge is 0.277 e. The molecule has 3 rings (SSSR count). The third-order valence-electron chi connectivity index (χ3n) is 5.58. The van der Waals surface area contributed by atoms with Crippen molar-refractivity contribution in [2.45, 2.75) is 108 Å². The fourth-order valence-electron chi connectivity index (χ4n) is 4.09. The van der Waals surface area contributed by atoms with Gasteiger partial charge in [0.25, 0.3) is 5.56 Å². The molecule has 0 bridgehead atoms. The van der Waals surface area contributed by atoms with E-state index in [1.54, 1.807) is 11.8 Å². The second kappa shape index (κ2) is 9.76. The van der Waals surface area contributed by atoms with E-state index in [-0.39, 0.29) is 5.56 Å². The maximum absolute atomic E-state index is 12.9. The molecule has 1 aliphatic rings. The molecule has 2 aromatic rings. The van der Waals surface area contributed by atoms with E-state index < -0.39 is 0 Å². The molecule has 1 unspecified atom stereocenters. The molecule has 1 fully saturated rings. The average molecular weight is 391 g/mol. The average Bonchev–Trinajstić information content (AvgIpc) is 3.02. The van der Waals surface area contributed by atoms with Gasteiger partial charge in [-0.25, -0.2) is 9.97 Å². The molecule has 1 aliphatic carbocycles. The molecule has 6 heteroatoms. The fraction of sp³-hybridized carbons (Fsp3) is 0.762. The van der Waals surface area contributed by atoms with Gasteiger partial charge in [-0.3, -0.25) is 9.78 Å². The molecule has 0 radical (unpaired) electrons. The molecule has 2 heterocycles. The highest BCUT2D eigenvalue weighted by molar-refractivity contribution is 7.99. The quantitative estimate of drug-likeness (QED) is 0.444. The number of aromatic amines is 1. The Bertz CT molecular complexity index is 791. The van der Waals surface area contributed by atoms with Crippen molar-refractivity contribution in [2.75, 3.05) is 0 Å². The number of fused-ring (bicyclic) bond motifs is 1. The molecule has 0 aromatic carbocycles. The van der Waals surface area contributed by atoms with E-state index in [1.807, 2.05) is 0 Å². The van der Waals surface area contributed by atoms with Gasteiger partial charge in [0.1, 0.15) is 5.82 Å². The summed E-state index contributed by atoms with van der Waals surface area (Å²) < 4.78 is 2.12. The zero-order chi connectivity index (χ0) is 19.2. The van der Waals surface area contributed by atoms with Gasteiger partial charge in [-0.15, -0.1) is 0 Å². The van der Waals surface area contributed by atoms with Gasteiger partial charge in [-0.05, 0) is 25.7 Å². The lowest BCUT2D eigenvalue weighted by atomic mass is 10.0. The minimum atomic E-state index is -0.0359. The Hall–Kier alpha value is -1.30. The SMILES string of the molecule is CCCCCC(C)c1nc2nc(SC3CCCCC3)[nH]c(=O)c2n1CCC. The maximum Gasteiger partial charge on any atom is 0.277 e. The number of hydrogen-bond donors (Lipinski definition) is 1. The van der Waals surface area contributed by atoms with Gasteiger partial charge >= 0.3 is 0 Å². The summed E-state index contributed by atoms with van der Waals surface area (Å²) in [7, 11) is 0. The van der Waals surface area contributed by atoms with Crippen LogP contribution in [0, 0.1) is 0 Å². The standard InChI is InChI=1S/C21H34N4OS/c1-4-6-8-11-15(3)19-22-18-17(25(19)14-5-2)20(26)24-21(23-18)27-16-12-9-7-10-13-16/h15-16H,4-14H2,1-3H3,(H,23,24,26). The summed E-state index contributed by atoms with van der Waals surface area (Å²) in [5, 5.41) is 1.32. The highest BCUT2D eigenvalue weighted by Crippen LogP contribution is 2.32. The van der Waals surface area contributed by atoms with Crippen LogP contribution in [0.15, 0.2) is 9.95 Å². The summed E-state index contributed by atoms with van der Waals surface area (Å²) in [6.45, 7) is 7.43. The van der Waals surface area contributed by atoms with E-state index >= 15 is 0 Å². The van der Waals surface area contributed by atoms with Crippen LogP contribution in [-0.4, -0.2) is 24.8 Å². The summed E-state index contributed by atoms with van der Waals surface area (Å²) >= 11 is 1.73. The molecule has 2 aromatic heterocycles. The predicted molar refractivity (Wildman–Crippen MR) is 114 cm³/mol. The van der Waals surface area contributed by atoms with Gasteiger partial charge < -0.3 is 4.57 Å². The molecule has 0 saturated heterocycles.